The van der Waals surface area contributed by atoms with E-state index in [9.17, 15) is 9.59 Å². The van der Waals surface area contributed by atoms with Gasteiger partial charge < -0.3 is 16.0 Å². The number of amides is 1. The second-order valence-electron chi connectivity index (χ2n) is 5.70. The lowest BCUT2D eigenvalue weighted by Gasteiger charge is -2.07. The second-order valence-corrected chi connectivity index (χ2v) is 6.72. The van der Waals surface area contributed by atoms with Gasteiger partial charge in [-0.3, -0.25) is 9.59 Å². The number of fused-ring (bicyclic) bond motifs is 1. The maximum Gasteiger partial charge on any atom is 0.267 e. The van der Waals surface area contributed by atoms with E-state index in [1.54, 1.807) is 0 Å². The first-order chi connectivity index (χ1) is 10.8. The van der Waals surface area contributed by atoms with E-state index in [2.05, 4.69) is 10.3 Å². The molecule has 0 saturated carbocycles. The zero-order valence-electron chi connectivity index (χ0n) is 13.1. The molecule has 0 fully saturated rings. The Hall–Kier alpha value is -2.60. The Morgan fingerprint density at radius 1 is 1.13 bits per heavy atom. The SMILES string of the molecule is Cc1cc(C)cc(NC(=O)c2sc3[nH]c(=O)cc(C)c3c2N)c1. The highest BCUT2D eigenvalue weighted by Crippen LogP contribution is 2.34. The molecule has 0 spiro atoms. The van der Waals surface area contributed by atoms with Crippen molar-refractivity contribution in [3.8, 4) is 0 Å². The van der Waals surface area contributed by atoms with Crippen LogP contribution < -0.4 is 16.6 Å². The first-order valence-corrected chi connectivity index (χ1v) is 7.98. The van der Waals surface area contributed by atoms with E-state index >= 15 is 0 Å². The Kier molecular flexibility index (Phi) is 3.69. The topological polar surface area (TPSA) is 88.0 Å². The van der Waals surface area contributed by atoms with Crippen LogP contribution >= 0.6 is 11.3 Å². The van der Waals surface area contributed by atoms with Crippen molar-refractivity contribution in [2.45, 2.75) is 20.8 Å². The molecule has 4 N–H and O–H groups in total. The fourth-order valence-electron chi connectivity index (χ4n) is 2.74. The van der Waals surface area contributed by atoms with Gasteiger partial charge in [-0.25, -0.2) is 0 Å². The zero-order chi connectivity index (χ0) is 16.7. The average molecular weight is 327 g/mol. The van der Waals surface area contributed by atoms with E-state index in [1.807, 2.05) is 39.0 Å². The normalized spacial score (nSPS) is 10.9. The van der Waals surface area contributed by atoms with Gasteiger partial charge in [-0.15, -0.1) is 11.3 Å². The summed E-state index contributed by atoms with van der Waals surface area (Å²) < 4.78 is 0. The van der Waals surface area contributed by atoms with Gasteiger partial charge in [0.25, 0.3) is 5.91 Å². The molecule has 3 aromatic rings. The van der Waals surface area contributed by atoms with E-state index in [-0.39, 0.29) is 11.5 Å². The molecule has 1 aromatic carbocycles. The van der Waals surface area contributed by atoms with Gasteiger partial charge in [0.05, 0.1) is 5.69 Å². The minimum Gasteiger partial charge on any atom is -0.397 e. The molecule has 0 saturated heterocycles. The summed E-state index contributed by atoms with van der Waals surface area (Å²) in [7, 11) is 0. The number of nitrogens with one attached hydrogen (secondary N) is 2. The lowest BCUT2D eigenvalue weighted by atomic mass is 10.1. The van der Waals surface area contributed by atoms with Crippen LogP contribution in [0.5, 0.6) is 0 Å². The number of aromatic nitrogens is 1. The Morgan fingerprint density at radius 3 is 2.43 bits per heavy atom. The fraction of sp³-hybridized carbons (Fsp3) is 0.176. The standard InChI is InChI=1S/C17H17N3O2S/c1-8-4-9(2)6-11(5-8)19-16(22)15-14(18)13-10(3)7-12(21)20-17(13)23-15/h4-7H,18H2,1-3H3,(H,19,22)(H,20,21). The summed E-state index contributed by atoms with van der Waals surface area (Å²) in [6.45, 7) is 5.77. The lowest BCUT2D eigenvalue weighted by Crippen LogP contribution is -2.12. The number of hydrogen-bond acceptors (Lipinski definition) is 4. The highest BCUT2D eigenvalue weighted by atomic mass is 32.1. The molecule has 0 bridgehead atoms. The number of carbonyl (C=O) groups excluding carboxylic acids is 1. The van der Waals surface area contributed by atoms with Gasteiger partial charge in [-0.05, 0) is 49.6 Å². The molecule has 118 valence electrons. The number of nitrogen functional groups attached to an aromatic ring is 1. The number of H-pyrrole nitrogens is 1. The predicted octanol–water partition coefficient (Wildman–Crippen LogP) is 3.35. The average Bonchev–Trinajstić information content (AvgIpc) is 2.74. The Morgan fingerprint density at radius 2 is 1.78 bits per heavy atom. The van der Waals surface area contributed by atoms with E-state index in [0.717, 1.165) is 27.8 Å². The van der Waals surface area contributed by atoms with Gasteiger partial charge in [0.15, 0.2) is 0 Å². The van der Waals surface area contributed by atoms with Gasteiger partial charge in [-0.1, -0.05) is 6.07 Å². The highest BCUT2D eigenvalue weighted by Gasteiger charge is 2.18. The Labute approximate surface area is 137 Å². The molecule has 23 heavy (non-hydrogen) atoms. The number of hydrogen-bond donors (Lipinski definition) is 3. The number of aromatic amines is 1. The predicted molar refractivity (Wildman–Crippen MR) is 95.5 cm³/mol. The van der Waals surface area contributed by atoms with E-state index in [4.69, 9.17) is 5.73 Å². The number of aryl methyl sites for hydroxylation is 3. The van der Waals surface area contributed by atoms with Crippen molar-refractivity contribution in [3.05, 3.63) is 56.2 Å². The fourth-order valence-corrected chi connectivity index (χ4v) is 3.83. The summed E-state index contributed by atoms with van der Waals surface area (Å²) in [6.07, 6.45) is 0. The van der Waals surface area contributed by atoms with Crippen molar-refractivity contribution >= 4 is 38.8 Å². The van der Waals surface area contributed by atoms with Crippen molar-refractivity contribution in [2.75, 3.05) is 11.1 Å². The molecule has 0 aliphatic heterocycles. The molecular formula is C17H17N3O2S. The van der Waals surface area contributed by atoms with Crippen LogP contribution in [0.3, 0.4) is 0 Å². The summed E-state index contributed by atoms with van der Waals surface area (Å²) >= 11 is 1.20. The van der Waals surface area contributed by atoms with Crippen LogP contribution in [0.4, 0.5) is 11.4 Å². The number of rotatable bonds is 2. The summed E-state index contributed by atoms with van der Waals surface area (Å²) in [5.41, 5.74) is 9.98. The lowest BCUT2D eigenvalue weighted by molar-refractivity contribution is 0.103. The van der Waals surface area contributed by atoms with Gasteiger partial charge in [-0.2, -0.15) is 0 Å². The van der Waals surface area contributed by atoms with E-state index in [1.165, 1.54) is 17.4 Å². The van der Waals surface area contributed by atoms with Crippen molar-refractivity contribution in [2.24, 2.45) is 0 Å². The maximum absolute atomic E-state index is 12.6. The number of pyridine rings is 1. The monoisotopic (exact) mass is 327 g/mol. The molecule has 1 amide bonds. The zero-order valence-corrected chi connectivity index (χ0v) is 13.9. The van der Waals surface area contributed by atoms with Crippen molar-refractivity contribution in [1.29, 1.82) is 0 Å². The molecule has 0 atom stereocenters. The molecule has 6 heteroatoms. The third kappa shape index (κ3) is 2.85. The smallest absolute Gasteiger partial charge is 0.267 e. The van der Waals surface area contributed by atoms with Gasteiger partial charge in [0.1, 0.15) is 9.71 Å². The van der Waals surface area contributed by atoms with Crippen LogP contribution in [-0.2, 0) is 0 Å². The first-order valence-electron chi connectivity index (χ1n) is 7.16. The quantitative estimate of drug-likeness (QED) is 0.674. The van der Waals surface area contributed by atoms with Crippen LogP contribution in [0.1, 0.15) is 26.4 Å². The number of anilines is 2. The minimum absolute atomic E-state index is 0.197. The Balaban J connectivity index is 2.03. The van der Waals surface area contributed by atoms with Crippen LogP contribution in [0.2, 0.25) is 0 Å². The number of nitrogens with two attached hydrogens (primary N) is 1. The molecule has 0 unspecified atom stereocenters. The third-order valence-corrected chi connectivity index (χ3v) is 4.73. The summed E-state index contributed by atoms with van der Waals surface area (Å²) in [6, 6.07) is 7.33. The van der Waals surface area contributed by atoms with Crippen molar-refractivity contribution in [3.63, 3.8) is 0 Å². The van der Waals surface area contributed by atoms with Crippen LogP contribution in [0.15, 0.2) is 29.1 Å². The van der Waals surface area contributed by atoms with Crippen LogP contribution in [0, 0.1) is 20.8 Å². The summed E-state index contributed by atoms with van der Waals surface area (Å²) in [4.78, 5) is 27.9. The largest absolute Gasteiger partial charge is 0.397 e. The first kappa shape index (κ1) is 15.3. The van der Waals surface area contributed by atoms with Crippen molar-refractivity contribution < 1.29 is 4.79 Å². The summed E-state index contributed by atoms with van der Waals surface area (Å²) in [5.74, 6) is -0.269. The molecule has 3 rings (SSSR count). The van der Waals surface area contributed by atoms with Crippen molar-refractivity contribution in [1.82, 2.24) is 4.98 Å². The van der Waals surface area contributed by atoms with E-state index in [0.29, 0.717) is 15.4 Å². The van der Waals surface area contributed by atoms with Gasteiger partial charge >= 0.3 is 0 Å². The molecule has 0 radical (unpaired) electrons. The molecule has 0 aliphatic rings. The highest BCUT2D eigenvalue weighted by molar-refractivity contribution is 7.21. The molecule has 2 aromatic heterocycles. The van der Waals surface area contributed by atoms with Crippen LogP contribution in [-0.4, -0.2) is 10.9 Å². The van der Waals surface area contributed by atoms with Crippen LogP contribution in [0.25, 0.3) is 10.2 Å². The minimum atomic E-state index is -0.269. The van der Waals surface area contributed by atoms with E-state index < -0.39 is 0 Å². The number of benzene rings is 1. The molecule has 5 nitrogen and oxygen atoms in total. The molecule has 0 aliphatic carbocycles. The number of thiophene rings is 1. The molecule has 2 heterocycles. The molecular weight excluding hydrogens is 310 g/mol. The maximum atomic E-state index is 12.6. The number of carbonyl (C=O) groups is 1. The summed E-state index contributed by atoms with van der Waals surface area (Å²) in [5, 5.41) is 3.61. The Bertz CT molecular complexity index is 965. The van der Waals surface area contributed by atoms with Gasteiger partial charge in [0.2, 0.25) is 5.56 Å². The third-order valence-electron chi connectivity index (χ3n) is 3.61. The van der Waals surface area contributed by atoms with Gasteiger partial charge in [0, 0.05) is 17.1 Å². The second kappa shape index (κ2) is 5.55.